The SMILES string of the molecule is COC(C)c1nc2ccccc2n1-c1nc(N2CCOCC2)c2nc(C(=O)N3CC(N4CCOCC4)C3)n(C)c2n1. The number of aryl methyl sites for hydroxylation is 1. The number of carbonyl (C=O) groups excluding carboxylic acids is 1. The van der Waals surface area contributed by atoms with Crippen molar-refractivity contribution in [2.45, 2.75) is 19.1 Å². The van der Waals surface area contributed by atoms with Crippen LogP contribution in [0.15, 0.2) is 24.3 Å². The fourth-order valence-electron chi connectivity index (χ4n) is 5.89. The topological polar surface area (TPSA) is 116 Å². The Labute approximate surface area is 237 Å². The van der Waals surface area contributed by atoms with Gasteiger partial charge in [0.15, 0.2) is 17.0 Å². The van der Waals surface area contributed by atoms with Crippen molar-refractivity contribution in [1.82, 2.24) is 38.9 Å². The van der Waals surface area contributed by atoms with Crippen molar-refractivity contribution in [3.63, 3.8) is 0 Å². The number of carbonyl (C=O) groups is 1. The normalized spacial score (nSPS) is 19.7. The molecule has 0 aliphatic carbocycles. The van der Waals surface area contributed by atoms with Crippen molar-refractivity contribution in [1.29, 1.82) is 0 Å². The van der Waals surface area contributed by atoms with Crippen LogP contribution in [0.1, 0.15) is 29.5 Å². The lowest BCUT2D eigenvalue weighted by Gasteiger charge is -2.46. The van der Waals surface area contributed by atoms with E-state index in [1.807, 2.05) is 47.7 Å². The Bertz CT molecular complexity index is 1580. The molecule has 3 aliphatic rings. The van der Waals surface area contributed by atoms with Crippen LogP contribution < -0.4 is 4.90 Å². The van der Waals surface area contributed by atoms with Gasteiger partial charge in [0.2, 0.25) is 11.8 Å². The average molecular weight is 562 g/mol. The highest BCUT2D eigenvalue weighted by Crippen LogP contribution is 2.31. The lowest BCUT2D eigenvalue weighted by molar-refractivity contribution is -0.0260. The summed E-state index contributed by atoms with van der Waals surface area (Å²) in [5.41, 5.74) is 2.92. The second kappa shape index (κ2) is 10.6. The zero-order chi connectivity index (χ0) is 28.1. The Kier molecular flexibility index (Phi) is 6.81. The molecule has 0 N–H and O–H groups in total. The molecule has 6 heterocycles. The third-order valence-electron chi connectivity index (χ3n) is 8.41. The third kappa shape index (κ3) is 4.53. The monoisotopic (exact) mass is 561 g/mol. The van der Waals surface area contributed by atoms with Crippen LogP contribution in [0.5, 0.6) is 0 Å². The predicted octanol–water partition coefficient (Wildman–Crippen LogP) is 1.40. The number of amides is 1. The number of likely N-dealkylation sites (tertiary alicyclic amines) is 1. The highest BCUT2D eigenvalue weighted by Gasteiger charge is 2.38. The van der Waals surface area contributed by atoms with E-state index in [0.29, 0.717) is 80.0 Å². The highest BCUT2D eigenvalue weighted by molar-refractivity contribution is 5.97. The molecule has 1 amide bonds. The molecule has 13 nitrogen and oxygen atoms in total. The molecule has 216 valence electrons. The minimum absolute atomic E-state index is 0.0914. The Morgan fingerprint density at radius 1 is 0.976 bits per heavy atom. The van der Waals surface area contributed by atoms with Gasteiger partial charge in [0.1, 0.15) is 11.9 Å². The van der Waals surface area contributed by atoms with Gasteiger partial charge in [0.05, 0.1) is 37.5 Å². The number of aromatic nitrogens is 6. The van der Waals surface area contributed by atoms with Crippen molar-refractivity contribution >= 4 is 33.9 Å². The van der Waals surface area contributed by atoms with Gasteiger partial charge in [-0.25, -0.2) is 9.97 Å². The third-order valence-corrected chi connectivity index (χ3v) is 8.41. The van der Waals surface area contributed by atoms with E-state index in [0.717, 1.165) is 37.3 Å². The van der Waals surface area contributed by atoms with Gasteiger partial charge in [-0.3, -0.25) is 14.3 Å². The minimum Gasteiger partial charge on any atom is -0.379 e. The van der Waals surface area contributed by atoms with E-state index >= 15 is 0 Å². The molecule has 1 unspecified atom stereocenters. The van der Waals surface area contributed by atoms with Gasteiger partial charge in [0.25, 0.3) is 5.91 Å². The van der Waals surface area contributed by atoms with Crippen molar-refractivity contribution in [2.75, 3.05) is 77.7 Å². The van der Waals surface area contributed by atoms with Gasteiger partial charge < -0.3 is 28.6 Å². The van der Waals surface area contributed by atoms with Gasteiger partial charge in [-0.05, 0) is 19.1 Å². The van der Waals surface area contributed by atoms with Crippen molar-refractivity contribution in [3.05, 3.63) is 35.9 Å². The maximum absolute atomic E-state index is 13.7. The Balaban J connectivity index is 1.31. The lowest BCUT2D eigenvalue weighted by Crippen LogP contribution is -2.63. The summed E-state index contributed by atoms with van der Waals surface area (Å²) in [7, 11) is 3.52. The number of para-hydroxylation sites is 2. The van der Waals surface area contributed by atoms with Crippen LogP contribution in [0.4, 0.5) is 5.82 Å². The number of imidazole rings is 2. The first kappa shape index (κ1) is 26.3. The maximum Gasteiger partial charge on any atom is 0.290 e. The molecule has 0 saturated carbocycles. The molecule has 1 atom stereocenters. The molecular formula is C28H35N9O4. The number of hydrogen-bond donors (Lipinski definition) is 0. The molecule has 7 rings (SSSR count). The van der Waals surface area contributed by atoms with E-state index in [-0.39, 0.29) is 12.0 Å². The Morgan fingerprint density at radius 2 is 1.68 bits per heavy atom. The van der Waals surface area contributed by atoms with Crippen molar-refractivity contribution in [3.8, 4) is 5.95 Å². The van der Waals surface area contributed by atoms with E-state index in [1.165, 1.54) is 0 Å². The van der Waals surface area contributed by atoms with Crippen LogP contribution in [-0.4, -0.2) is 124 Å². The van der Waals surface area contributed by atoms with Gasteiger partial charge in [0, 0.05) is 59.5 Å². The quantitative estimate of drug-likeness (QED) is 0.342. The molecule has 1 aromatic carbocycles. The standard InChI is InChI=1S/C28H35N9O4/c1-18(39-3)23-29-20-6-4-5-7-21(20)37(23)28-31-24-22(25(32-28)35-10-14-41-15-11-35)30-26(33(24)2)27(38)36-16-19(17-36)34-8-12-40-13-9-34/h4-7,18-19H,8-17H2,1-3H3. The molecule has 41 heavy (non-hydrogen) atoms. The highest BCUT2D eigenvalue weighted by atomic mass is 16.5. The summed E-state index contributed by atoms with van der Waals surface area (Å²) in [6, 6.07) is 8.27. The van der Waals surface area contributed by atoms with Crippen LogP contribution in [-0.2, 0) is 21.3 Å². The maximum atomic E-state index is 13.7. The van der Waals surface area contributed by atoms with Crippen LogP contribution in [0.3, 0.4) is 0 Å². The molecule has 4 aromatic rings. The summed E-state index contributed by atoms with van der Waals surface area (Å²) in [6.07, 6.45) is -0.289. The van der Waals surface area contributed by atoms with Crippen LogP contribution in [0, 0.1) is 0 Å². The summed E-state index contributed by atoms with van der Waals surface area (Å²) in [5.74, 6) is 2.12. The van der Waals surface area contributed by atoms with E-state index < -0.39 is 0 Å². The summed E-state index contributed by atoms with van der Waals surface area (Å²) < 4.78 is 20.5. The number of ether oxygens (including phenoxy) is 3. The Morgan fingerprint density at radius 3 is 2.41 bits per heavy atom. The van der Waals surface area contributed by atoms with E-state index in [1.54, 1.807) is 11.7 Å². The summed E-state index contributed by atoms with van der Waals surface area (Å²) in [6.45, 7) is 9.18. The molecule has 0 bridgehead atoms. The summed E-state index contributed by atoms with van der Waals surface area (Å²) in [4.78, 5) is 39.9. The molecule has 3 aromatic heterocycles. The van der Waals surface area contributed by atoms with Gasteiger partial charge in [-0.15, -0.1) is 0 Å². The number of benzene rings is 1. The fourth-order valence-corrected chi connectivity index (χ4v) is 5.89. The first-order chi connectivity index (χ1) is 20.0. The second-order valence-electron chi connectivity index (χ2n) is 10.8. The van der Waals surface area contributed by atoms with Gasteiger partial charge in [-0.1, -0.05) is 12.1 Å². The molecule has 3 fully saturated rings. The number of nitrogens with zero attached hydrogens (tertiary/aromatic N) is 9. The molecule has 3 aliphatic heterocycles. The number of fused-ring (bicyclic) bond motifs is 2. The fraction of sp³-hybridized carbons (Fsp3) is 0.536. The van der Waals surface area contributed by atoms with Crippen LogP contribution in [0.2, 0.25) is 0 Å². The van der Waals surface area contributed by atoms with Gasteiger partial charge in [-0.2, -0.15) is 9.97 Å². The summed E-state index contributed by atoms with van der Waals surface area (Å²) >= 11 is 0. The van der Waals surface area contributed by atoms with E-state index in [9.17, 15) is 4.79 Å². The zero-order valence-corrected chi connectivity index (χ0v) is 23.7. The molecular weight excluding hydrogens is 526 g/mol. The molecule has 0 radical (unpaired) electrons. The van der Waals surface area contributed by atoms with E-state index in [4.69, 9.17) is 34.1 Å². The number of methoxy groups -OCH3 is 1. The van der Waals surface area contributed by atoms with Crippen LogP contribution in [0.25, 0.3) is 28.1 Å². The Hall–Kier alpha value is -3.65. The summed E-state index contributed by atoms with van der Waals surface area (Å²) in [5, 5.41) is 0. The first-order valence-electron chi connectivity index (χ1n) is 14.2. The number of anilines is 1. The largest absolute Gasteiger partial charge is 0.379 e. The first-order valence-corrected chi connectivity index (χ1v) is 14.2. The molecule has 0 spiro atoms. The molecule has 13 heteroatoms. The van der Waals surface area contributed by atoms with Crippen molar-refractivity contribution in [2.24, 2.45) is 7.05 Å². The zero-order valence-electron chi connectivity index (χ0n) is 23.7. The smallest absolute Gasteiger partial charge is 0.290 e. The minimum atomic E-state index is -0.289. The van der Waals surface area contributed by atoms with Crippen molar-refractivity contribution < 1.29 is 19.0 Å². The number of morpholine rings is 2. The van der Waals surface area contributed by atoms with Gasteiger partial charge >= 0.3 is 0 Å². The number of rotatable bonds is 6. The van der Waals surface area contributed by atoms with Crippen LogP contribution >= 0.6 is 0 Å². The molecule has 3 saturated heterocycles. The predicted molar refractivity (Wildman–Crippen MR) is 151 cm³/mol. The number of hydrogen-bond acceptors (Lipinski definition) is 10. The average Bonchev–Trinajstić information content (AvgIpc) is 3.54. The second-order valence-corrected chi connectivity index (χ2v) is 10.8. The van der Waals surface area contributed by atoms with E-state index in [2.05, 4.69) is 9.80 Å². The lowest BCUT2D eigenvalue weighted by atomic mass is 10.1.